The summed E-state index contributed by atoms with van der Waals surface area (Å²) in [4.78, 5) is 11.7. The van der Waals surface area contributed by atoms with Gasteiger partial charge in [-0.2, -0.15) is 0 Å². The Balaban J connectivity index is 2.05. The number of anilines is 3. The van der Waals surface area contributed by atoms with Crippen molar-refractivity contribution < 1.29 is 9.18 Å². The lowest BCUT2D eigenvalue weighted by molar-refractivity contribution is 0.262. The Morgan fingerprint density at radius 2 is 1.95 bits per heavy atom. The molecule has 0 aliphatic carbocycles. The fourth-order valence-electron chi connectivity index (χ4n) is 1.48. The molecule has 0 saturated carbocycles. The van der Waals surface area contributed by atoms with Crippen LogP contribution in [0.1, 0.15) is 0 Å². The summed E-state index contributed by atoms with van der Waals surface area (Å²) in [5.41, 5.74) is 6.27. The van der Waals surface area contributed by atoms with Crippen LogP contribution in [0.15, 0.2) is 42.5 Å². The van der Waals surface area contributed by atoms with Gasteiger partial charge >= 0.3 is 6.03 Å². The number of nitrogen functional groups attached to an aromatic ring is 1. The van der Waals surface area contributed by atoms with E-state index < -0.39 is 11.8 Å². The van der Waals surface area contributed by atoms with Gasteiger partial charge in [0.1, 0.15) is 5.82 Å². The van der Waals surface area contributed by atoms with Crippen LogP contribution in [0.25, 0.3) is 0 Å². The van der Waals surface area contributed by atoms with Crippen LogP contribution in [0.4, 0.5) is 26.2 Å². The Labute approximate surface area is 114 Å². The van der Waals surface area contributed by atoms with E-state index in [0.717, 1.165) is 6.07 Å². The van der Waals surface area contributed by atoms with Gasteiger partial charge in [0.15, 0.2) is 0 Å². The van der Waals surface area contributed by atoms with Gasteiger partial charge in [-0.25, -0.2) is 9.18 Å². The predicted octanol–water partition coefficient (Wildman–Crippen LogP) is 3.71. The summed E-state index contributed by atoms with van der Waals surface area (Å²) in [6.07, 6.45) is 0. The van der Waals surface area contributed by atoms with Gasteiger partial charge in [-0.05, 0) is 36.4 Å². The van der Waals surface area contributed by atoms with Gasteiger partial charge in [-0.15, -0.1) is 0 Å². The van der Waals surface area contributed by atoms with E-state index in [1.807, 2.05) is 0 Å². The molecular weight excluding hydrogens is 269 g/mol. The molecule has 0 atom stereocenters. The largest absolute Gasteiger partial charge is 0.399 e. The molecule has 2 rings (SSSR count). The van der Waals surface area contributed by atoms with Crippen LogP contribution in [-0.4, -0.2) is 6.03 Å². The van der Waals surface area contributed by atoms with Crippen LogP contribution >= 0.6 is 11.6 Å². The molecule has 2 aromatic carbocycles. The summed E-state index contributed by atoms with van der Waals surface area (Å²) >= 11 is 5.79. The van der Waals surface area contributed by atoms with Crippen molar-refractivity contribution in [3.05, 3.63) is 53.3 Å². The van der Waals surface area contributed by atoms with Crippen LogP contribution in [0, 0.1) is 5.82 Å². The average Bonchev–Trinajstić information content (AvgIpc) is 2.33. The highest BCUT2D eigenvalue weighted by molar-refractivity contribution is 6.30. The third kappa shape index (κ3) is 3.59. The summed E-state index contributed by atoms with van der Waals surface area (Å²) in [6.45, 7) is 0. The number of carbonyl (C=O) groups is 1. The molecule has 0 saturated heterocycles. The number of carbonyl (C=O) groups excluding carboxylic acids is 1. The zero-order valence-electron chi connectivity index (χ0n) is 9.78. The van der Waals surface area contributed by atoms with Crippen molar-refractivity contribution in [1.29, 1.82) is 0 Å². The second kappa shape index (κ2) is 5.58. The summed E-state index contributed by atoms with van der Waals surface area (Å²) in [6, 6.07) is 10.1. The number of amides is 2. The molecule has 0 aromatic heterocycles. The van der Waals surface area contributed by atoms with Gasteiger partial charge in [-0.3, -0.25) is 0 Å². The lowest BCUT2D eigenvalue weighted by Gasteiger charge is -2.09. The SMILES string of the molecule is Nc1ccc(NC(=O)Nc2cccc(Cl)c2)c(F)c1. The van der Waals surface area contributed by atoms with E-state index in [2.05, 4.69) is 10.6 Å². The van der Waals surface area contributed by atoms with E-state index in [4.69, 9.17) is 17.3 Å². The third-order valence-corrected chi connectivity index (χ3v) is 2.56. The normalized spacial score (nSPS) is 10.0. The van der Waals surface area contributed by atoms with Crippen LogP contribution < -0.4 is 16.4 Å². The fourth-order valence-corrected chi connectivity index (χ4v) is 1.67. The van der Waals surface area contributed by atoms with Gasteiger partial charge in [0.25, 0.3) is 0 Å². The Morgan fingerprint density at radius 3 is 2.63 bits per heavy atom. The maximum Gasteiger partial charge on any atom is 0.323 e. The highest BCUT2D eigenvalue weighted by Gasteiger charge is 2.07. The number of urea groups is 1. The summed E-state index contributed by atoms with van der Waals surface area (Å²) in [7, 11) is 0. The molecule has 6 heteroatoms. The minimum atomic E-state index is -0.596. The number of nitrogens with one attached hydrogen (secondary N) is 2. The lowest BCUT2D eigenvalue weighted by atomic mass is 10.2. The summed E-state index contributed by atoms with van der Waals surface area (Å²) in [5, 5.41) is 5.42. The third-order valence-electron chi connectivity index (χ3n) is 2.32. The maximum absolute atomic E-state index is 13.5. The van der Waals surface area contributed by atoms with Crippen molar-refractivity contribution in [3.8, 4) is 0 Å². The van der Waals surface area contributed by atoms with Gasteiger partial charge in [0.05, 0.1) is 5.69 Å². The van der Waals surface area contributed by atoms with Crippen LogP contribution in [-0.2, 0) is 0 Å². The van der Waals surface area contributed by atoms with E-state index >= 15 is 0 Å². The van der Waals surface area contributed by atoms with Crippen molar-refractivity contribution in [3.63, 3.8) is 0 Å². The molecule has 0 aliphatic rings. The standard InChI is InChI=1S/C13H11ClFN3O/c14-8-2-1-3-10(6-8)17-13(19)18-12-5-4-9(16)7-11(12)15/h1-7H,16H2,(H2,17,18,19). The summed E-state index contributed by atoms with van der Waals surface area (Å²) in [5.74, 6) is -0.596. The Hall–Kier alpha value is -2.27. The zero-order valence-corrected chi connectivity index (χ0v) is 10.5. The van der Waals surface area contributed by atoms with E-state index in [-0.39, 0.29) is 5.69 Å². The Bertz CT molecular complexity index is 619. The van der Waals surface area contributed by atoms with E-state index in [9.17, 15) is 9.18 Å². The molecule has 98 valence electrons. The van der Waals surface area contributed by atoms with Crippen molar-refractivity contribution >= 4 is 34.7 Å². The first-order valence-corrected chi connectivity index (χ1v) is 5.81. The molecule has 0 bridgehead atoms. The Morgan fingerprint density at radius 1 is 1.16 bits per heavy atom. The molecule has 19 heavy (non-hydrogen) atoms. The molecule has 4 N–H and O–H groups in total. The van der Waals surface area contributed by atoms with E-state index in [1.54, 1.807) is 24.3 Å². The van der Waals surface area contributed by atoms with Gasteiger partial charge < -0.3 is 16.4 Å². The van der Waals surface area contributed by atoms with E-state index in [0.29, 0.717) is 16.4 Å². The average molecular weight is 280 g/mol. The second-order valence-electron chi connectivity index (χ2n) is 3.83. The molecule has 2 aromatic rings. The first-order valence-electron chi connectivity index (χ1n) is 5.43. The minimum absolute atomic E-state index is 0.0497. The van der Waals surface area contributed by atoms with Crippen molar-refractivity contribution in [2.75, 3.05) is 16.4 Å². The number of hydrogen-bond donors (Lipinski definition) is 3. The van der Waals surface area contributed by atoms with E-state index in [1.165, 1.54) is 12.1 Å². The zero-order chi connectivity index (χ0) is 13.8. The fraction of sp³-hybridized carbons (Fsp3) is 0. The Kier molecular flexibility index (Phi) is 3.87. The molecule has 0 radical (unpaired) electrons. The van der Waals surface area contributed by atoms with Crippen LogP contribution in [0.2, 0.25) is 5.02 Å². The number of hydrogen-bond acceptors (Lipinski definition) is 2. The van der Waals surface area contributed by atoms with Crippen molar-refractivity contribution in [2.24, 2.45) is 0 Å². The van der Waals surface area contributed by atoms with Gasteiger partial charge in [-0.1, -0.05) is 17.7 Å². The highest BCUT2D eigenvalue weighted by Crippen LogP contribution is 2.18. The van der Waals surface area contributed by atoms with Gasteiger partial charge in [0.2, 0.25) is 0 Å². The van der Waals surface area contributed by atoms with Gasteiger partial charge in [0, 0.05) is 16.4 Å². The maximum atomic E-state index is 13.5. The number of nitrogens with two attached hydrogens (primary N) is 1. The molecule has 0 heterocycles. The number of halogens is 2. The minimum Gasteiger partial charge on any atom is -0.399 e. The first-order chi connectivity index (χ1) is 9.04. The van der Waals surface area contributed by atoms with Crippen molar-refractivity contribution in [2.45, 2.75) is 0 Å². The monoisotopic (exact) mass is 279 g/mol. The first kappa shape index (κ1) is 13.2. The number of benzene rings is 2. The molecule has 2 amide bonds. The topological polar surface area (TPSA) is 67.1 Å². The summed E-state index contributed by atoms with van der Waals surface area (Å²) < 4.78 is 13.5. The predicted molar refractivity (Wildman–Crippen MR) is 74.9 cm³/mol. The molecule has 0 aliphatic heterocycles. The van der Waals surface area contributed by atoms with Crippen molar-refractivity contribution in [1.82, 2.24) is 0 Å². The quantitative estimate of drug-likeness (QED) is 0.734. The molecular formula is C13H11ClFN3O. The molecule has 0 unspecified atom stereocenters. The number of rotatable bonds is 2. The second-order valence-corrected chi connectivity index (χ2v) is 4.27. The van der Waals surface area contributed by atoms with Crippen LogP contribution in [0.5, 0.6) is 0 Å². The van der Waals surface area contributed by atoms with Crippen LogP contribution in [0.3, 0.4) is 0 Å². The smallest absolute Gasteiger partial charge is 0.323 e. The molecule has 0 fully saturated rings. The highest BCUT2D eigenvalue weighted by atomic mass is 35.5. The lowest BCUT2D eigenvalue weighted by Crippen LogP contribution is -2.20. The molecule has 0 spiro atoms. The molecule has 4 nitrogen and oxygen atoms in total.